The molecular weight excluding hydrogens is 296 g/mol. The van der Waals surface area contributed by atoms with Crippen molar-refractivity contribution in [2.24, 2.45) is 0 Å². The molecule has 1 aliphatic carbocycles. The molecule has 1 N–H and O–H groups in total. The number of ether oxygens (including phenoxy) is 1. The first-order chi connectivity index (χ1) is 11.2. The van der Waals surface area contributed by atoms with E-state index in [0.717, 1.165) is 25.9 Å². The Morgan fingerprint density at radius 3 is 2.17 bits per heavy atom. The molecular formula is C16H28N4O3. The van der Waals surface area contributed by atoms with Crippen molar-refractivity contribution in [1.82, 2.24) is 20.0 Å². The lowest BCUT2D eigenvalue weighted by Crippen LogP contribution is -2.56. The number of rotatable bonds is 3. The van der Waals surface area contributed by atoms with Crippen molar-refractivity contribution in [2.45, 2.75) is 31.7 Å². The van der Waals surface area contributed by atoms with Gasteiger partial charge in [0.05, 0.1) is 19.8 Å². The molecule has 3 amide bonds. The van der Waals surface area contributed by atoms with E-state index in [0.29, 0.717) is 52.0 Å². The average molecular weight is 324 g/mol. The van der Waals surface area contributed by atoms with Crippen LogP contribution in [-0.4, -0.2) is 91.7 Å². The monoisotopic (exact) mass is 324 g/mol. The molecule has 0 atom stereocenters. The van der Waals surface area contributed by atoms with Crippen molar-refractivity contribution >= 4 is 11.9 Å². The molecule has 3 rings (SSSR count). The fourth-order valence-electron chi connectivity index (χ4n) is 3.55. The summed E-state index contributed by atoms with van der Waals surface area (Å²) in [5.41, 5.74) is 0. The van der Waals surface area contributed by atoms with E-state index in [9.17, 15) is 9.59 Å². The van der Waals surface area contributed by atoms with Crippen LogP contribution in [0.1, 0.15) is 25.7 Å². The maximum absolute atomic E-state index is 12.3. The van der Waals surface area contributed by atoms with Gasteiger partial charge in [-0.15, -0.1) is 0 Å². The number of carbonyl (C=O) groups is 2. The van der Waals surface area contributed by atoms with E-state index in [-0.39, 0.29) is 11.9 Å². The molecule has 130 valence electrons. The van der Waals surface area contributed by atoms with Crippen LogP contribution in [0.15, 0.2) is 0 Å². The summed E-state index contributed by atoms with van der Waals surface area (Å²) in [6.45, 7) is 6.09. The van der Waals surface area contributed by atoms with Crippen molar-refractivity contribution in [3.63, 3.8) is 0 Å². The zero-order valence-electron chi connectivity index (χ0n) is 13.8. The number of urea groups is 1. The summed E-state index contributed by atoms with van der Waals surface area (Å²) >= 11 is 0. The van der Waals surface area contributed by atoms with E-state index in [1.807, 2.05) is 9.80 Å². The molecule has 7 heteroatoms. The minimum Gasteiger partial charge on any atom is -0.379 e. The Bertz CT molecular complexity index is 412. The Morgan fingerprint density at radius 2 is 1.52 bits per heavy atom. The third kappa shape index (κ3) is 4.57. The van der Waals surface area contributed by atoms with Crippen LogP contribution in [0, 0.1) is 0 Å². The second-order valence-corrected chi connectivity index (χ2v) is 6.69. The summed E-state index contributed by atoms with van der Waals surface area (Å²) in [5, 5.41) is 3.12. The first kappa shape index (κ1) is 16.5. The SMILES string of the molecule is O=C(CN1CCOCC1)N1CCN(C(=O)NC2CCCC2)CC1. The molecule has 23 heavy (non-hydrogen) atoms. The normalized spacial score (nSPS) is 24.0. The number of nitrogens with zero attached hydrogens (tertiary/aromatic N) is 3. The van der Waals surface area contributed by atoms with Crippen LogP contribution < -0.4 is 5.32 Å². The molecule has 0 aromatic carbocycles. The predicted molar refractivity (Wildman–Crippen MR) is 86.2 cm³/mol. The van der Waals surface area contributed by atoms with Gasteiger partial charge in [-0.1, -0.05) is 12.8 Å². The molecule has 3 aliphatic rings. The molecule has 0 bridgehead atoms. The molecule has 0 spiro atoms. The summed E-state index contributed by atoms with van der Waals surface area (Å²) in [5.74, 6) is 0.169. The van der Waals surface area contributed by atoms with Crippen molar-refractivity contribution in [2.75, 3.05) is 59.0 Å². The summed E-state index contributed by atoms with van der Waals surface area (Å²) in [7, 11) is 0. The van der Waals surface area contributed by atoms with Gasteiger partial charge in [0.1, 0.15) is 0 Å². The third-order valence-corrected chi connectivity index (χ3v) is 5.06. The van der Waals surface area contributed by atoms with Crippen molar-refractivity contribution < 1.29 is 14.3 Å². The first-order valence-corrected chi connectivity index (χ1v) is 8.86. The summed E-state index contributed by atoms with van der Waals surface area (Å²) < 4.78 is 5.30. The number of hydrogen-bond donors (Lipinski definition) is 1. The Morgan fingerprint density at radius 1 is 0.913 bits per heavy atom. The summed E-state index contributed by atoms with van der Waals surface area (Å²) in [6, 6.07) is 0.390. The van der Waals surface area contributed by atoms with E-state index in [1.54, 1.807) is 0 Å². The number of morpholine rings is 1. The van der Waals surface area contributed by atoms with Gasteiger partial charge in [-0.3, -0.25) is 9.69 Å². The number of carbonyl (C=O) groups excluding carboxylic acids is 2. The Hall–Kier alpha value is -1.34. The highest BCUT2D eigenvalue weighted by Gasteiger charge is 2.27. The molecule has 2 aliphatic heterocycles. The van der Waals surface area contributed by atoms with Crippen LogP contribution in [0.25, 0.3) is 0 Å². The Kier molecular flexibility index (Phi) is 5.72. The number of amides is 3. The van der Waals surface area contributed by atoms with Crippen LogP contribution in [0.4, 0.5) is 4.79 Å². The number of nitrogens with one attached hydrogen (secondary N) is 1. The van der Waals surface area contributed by atoms with Gasteiger partial charge in [-0.2, -0.15) is 0 Å². The zero-order chi connectivity index (χ0) is 16.1. The molecule has 1 saturated carbocycles. The van der Waals surface area contributed by atoms with Crippen LogP contribution in [0.3, 0.4) is 0 Å². The van der Waals surface area contributed by atoms with Gasteiger partial charge in [-0.05, 0) is 12.8 Å². The Balaban J connectivity index is 1.38. The molecule has 0 aromatic heterocycles. The van der Waals surface area contributed by atoms with E-state index < -0.39 is 0 Å². The van der Waals surface area contributed by atoms with E-state index in [4.69, 9.17) is 4.74 Å². The maximum Gasteiger partial charge on any atom is 0.317 e. The van der Waals surface area contributed by atoms with Crippen molar-refractivity contribution in [1.29, 1.82) is 0 Å². The first-order valence-electron chi connectivity index (χ1n) is 8.86. The highest BCUT2D eigenvalue weighted by atomic mass is 16.5. The van der Waals surface area contributed by atoms with Gasteiger partial charge in [0.15, 0.2) is 0 Å². The predicted octanol–water partition coefficient (Wildman–Crippen LogP) is 0.115. The van der Waals surface area contributed by atoms with Gasteiger partial charge in [0.25, 0.3) is 0 Å². The lowest BCUT2D eigenvalue weighted by Gasteiger charge is -2.36. The van der Waals surface area contributed by atoms with Crippen LogP contribution in [0.2, 0.25) is 0 Å². The second kappa shape index (κ2) is 7.97. The lowest BCUT2D eigenvalue weighted by atomic mass is 10.2. The second-order valence-electron chi connectivity index (χ2n) is 6.69. The topological polar surface area (TPSA) is 65.1 Å². The quantitative estimate of drug-likeness (QED) is 0.801. The standard InChI is InChI=1S/C16H28N4O3/c21-15(13-18-9-11-23-12-10-18)19-5-7-20(8-6-19)16(22)17-14-3-1-2-4-14/h14H,1-13H2,(H,17,22). The maximum atomic E-state index is 12.3. The van der Waals surface area contributed by atoms with Crippen LogP contribution >= 0.6 is 0 Å². The molecule has 0 aromatic rings. The Labute approximate surface area is 137 Å². The fraction of sp³-hybridized carbons (Fsp3) is 0.875. The van der Waals surface area contributed by atoms with Crippen LogP contribution in [-0.2, 0) is 9.53 Å². The van der Waals surface area contributed by atoms with E-state index in [2.05, 4.69) is 10.2 Å². The van der Waals surface area contributed by atoms with E-state index in [1.165, 1.54) is 12.8 Å². The van der Waals surface area contributed by atoms with Gasteiger partial charge in [-0.25, -0.2) is 4.79 Å². The molecule has 0 unspecified atom stereocenters. The van der Waals surface area contributed by atoms with Gasteiger partial charge in [0.2, 0.25) is 5.91 Å². The summed E-state index contributed by atoms with van der Waals surface area (Å²) in [6.07, 6.45) is 4.64. The molecule has 7 nitrogen and oxygen atoms in total. The van der Waals surface area contributed by atoms with Crippen molar-refractivity contribution in [3.05, 3.63) is 0 Å². The molecule has 0 radical (unpaired) electrons. The molecule has 2 saturated heterocycles. The smallest absolute Gasteiger partial charge is 0.317 e. The van der Waals surface area contributed by atoms with Crippen LogP contribution in [0.5, 0.6) is 0 Å². The fourth-order valence-corrected chi connectivity index (χ4v) is 3.55. The number of piperazine rings is 1. The average Bonchev–Trinajstić information content (AvgIpc) is 3.09. The van der Waals surface area contributed by atoms with Gasteiger partial charge >= 0.3 is 6.03 Å². The third-order valence-electron chi connectivity index (χ3n) is 5.06. The minimum atomic E-state index is 0.0391. The summed E-state index contributed by atoms with van der Waals surface area (Å²) in [4.78, 5) is 30.5. The molecule has 2 heterocycles. The largest absolute Gasteiger partial charge is 0.379 e. The highest BCUT2D eigenvalue weighted by molar-refractivity contribution is 5.79. The molecule has 3 fully saturated rings. The van der Waals surface area contributed by atoms with Gasteiger partial charge < -0.3 is 19.9 Å². The van der Waals surface area contributed by atoms with Gasteiger partial charge in [0, 0.05) is 45.3 Å². The minimum absolute atomic E-state index is 0.0391. The van der Waals surface area contributed by atoms with Crippen molar-refractivity contribution in [3.8, 4) is 0 Å². The highest BCUT2D eigenvalue weighted by Crippen LogP contribution is 2.18. The zero-order valence-corrected chi connectivity index (χ0v) is 13.8. The van der Waals surface area contributed by atoms with E-state index >= 15 is 0 Å². The number of hydrogen-bond acceptors (Lipinski definition) is 4. The lowest BCUT2D eigenvalue weighted by molar-refractivity contribution is -0.134.